The van der Waals surface area contributed by atoms with Crippen LogP contribution in [0.1, 0.15) is 37.8 Å². The molecule has 2 rings (SSSR count). The lowest BCUT2D eigenvalue weighted by Crippen LogP contribution is -2.38. The van der Waals surface area contributed by atoms with Gasteiger partial charge in [0, 0.05) is 25.7 Å². The fraction of sp³-hybridized carbons (Fsp3) is 0.667. The van der Waals surface area contributed by atoms with Gasteiger partial charge in [0.15, 0.2) is 0 Å². The zero-order valence-electron chi connectivity index (χ0n) is 13.7. The van der Waals surface area contributed by atoms with Gasteiger partial charge >= 0.3 is 0 Å². The van der Waals surface area contributed by atoms with Crippen molar-refractivity contribution >= 4 is 0 Å². The molecule has 1 atom stereocenters. The lowest BCUT2D eigenvalue weighted by molar-refractivity contribution is 0.202. The molecule has 1 fully saturated rings. The molecule has 21 heavy (non-hydrogen) atoms. The molecule has 1 aliphatic rings. The summed E-state index contributed by atoms with van der Waals surface area (Å²) in [6, 6.07) is 11.4. The molecule has 1 heterocycles. The Hall–Kier alpha value is -0.900. The van der Waals surface area contributed by atoms with Gasteiger partial charge in [-0.25, -0.2) is 0 Å². The highest BCUT2D eigenvalue weighted by Crippen LogP contribution is 2.18. The van der Waals surface area contributed by atoms with E-state index in [1.807, 2.05) is 0 Å². The molecule has 0 bridgehead atoms. The van der Waals surface area contributed by atoms with Gasteiger partial charge in [0.2, 0.25) is 0 Å². The van der Waals surface area contributed by atoms with Crippen molar-refractivity contribution in [1.82, 2.24) is 15.1 Å². The van der Waals surface area contributed by atoms with Crippen LogP contribution >= 0.6 is 0 Å². The number of nitrogens with zero attached hydrogens (tertiary/aromatic N) is 2. The van der Waals surface area contributed by atoms with Crippen LogP contribution in [0.3, 0.4) is 0 Å². The molecular formula is C18H31N3. The van der Waals surface area contributed by atoms with Crippen LogP contribution in [-0.4, -0.2) is 56.1 Å². The van der Waals surface area contributed by atoms with E-state index in [0.717, 1.165) is 19.6 Å². The normalized spacial score (nSPS) is 17.5. The fourth-order valence-electron chi connectivity index (χ4n) is 3.08. The zero-order chi connectivity index (χ0) is 14.9. The topological polar surface area (TPSA) is 18.5 Å². The Morgan fingerprint density at radius 1 is 1.19 bits per heavy atom. The molecule has 1 N–H and O–H groups in total. The van der Waals surface area contributed by atoms with Gasteiger partial charge in [-0.3, -0.25) is 4.90 Å². The van der Waals surface area contributed by atoms with Crippen LogP contribution in [0.25, 0.3) is 0 Å². The zero-order valence-corrected chi connectivity index (χ0v) is 13.7. The van der Waals surface area contributed by atoms with E-state index in [-0.39, 0.29) is 0 Å². The number of rotatable bonds is 9. The molecular weight excluding hydrogens is 258 g/mol. The van der Waals surface area contributed by atoms with Crippen molar-refractivity contribution in [3.05, 3.63) is 35.9 Å². The minimum absolute atomic E-state index is 0.473. The van der Waals surface area contributed by atoms with Gasteiger partial charge < -0.3 is 10.2 Å². The maximum atomic E-state index is 3.59. The predicted octanol–water partition coefficient (Wildman–Crippen LogP) is 2.75. The predicted molar refractivity (Wildman–Crippen MR) is 90.6 cm³/mol. The Bertz CT molecular complexity index is 373. The van der Waals surface area contributed by atoms with E-state index in [1.54, 1.807) is 0 Å². The molecule has 0 radical (unpaired) electrons. The third kappa shape index (κ3) is 5.42. The standard InChI is InChI=1S/C18H31N3/c1-3-11-19-16-18(17-9-5-4-6-10-17)20(2)14-15-21-12-7-8-13-21/h4-6,9-10,18-19H,3,7-8,11-16H2,1-2H3. The van der Waals surface area contributed by atoms with Crippen molar-refractivity contribution in [2.24, 2.45) is 0 Å². The first-order chi connectivity index (χ1) is 10.3. The molecule has 0 amide bonds. The van der Waals surface area contributed by atoms with Crippen LogP contribution in [0.5, 0.6) is 0 Å². The van der Waals surface area contributed by atoms with Crippen molar-refractivity contribution < 1.29 is 0 Å². The highest BCUT2D eigenvalue weighted by Gasteiger charge is 2.18. The lowest BCUT2D eigenvalue weighted by Gasteiger charge is -2.30. The highest BCUT2D eigenvalue weighted by atomic mass is 15.2. The van der Waals surface area contributed by atoms with E-state index in [2.05, 4.69) is 59.4 Å². The van der Waals surface area contributed by atoms with Crippen molar-refractivity contribution in [1.29, 1.82) is 0 Å². The SMILES string of the molecule is CCCNCC(c1ccccc1)N(C)CCN1CCCC1. The molecule has 118 valence electrons. The molecule has 3 nitrogen and oxygen atoms in total. The first-order valence-electron chi connectivity index (χ1n) is 8.49. The number of likely N-dealkylation sites (N-methyl/N-ethyl adjacent to an activating group) is 1. The van der Waals surface area contributed by atoms with Gasteiger partial charge in [-0.1, -0.05) is 37.3 Å². The average molecular weight is 289 g/mol. The van der Waals surface area contributed by atoms with Gasteiger partial charge in [-0.15, -0.1) is 0 Å². The van der Waals surface area contributed by atoms with E-state index >= 15 is 0 Å². The van der Waals surface area contributed by atoms with Crippen LogP contribution in [0.15, 0.2) is 30.3 Å². The van der Waals surface area contributed by atoms with Gasteiger partial charge in [-0.05, 0) is 51.5 Å². The van der Waals surface area contributed by atoms with Gasteiger partial charge in [0.25, 0.3) is 0 Å². The second-order valence-corrected chi connectivity index (χ2v) is 6.16. The first-order valence-corrected chi connectivity index (χ1v) is 8.49. The number of nitrogens with one attached hydrogen (secondary N) is 1. The first kappa shape index (κ1) is 16.5. The van der Waals surface area contributed by atoms with Gasteiger partial charge in [-0.2, -0.15) is 0 Å². The largest absolute Gasteiger partial charge is 0.315 e. The molecule has 1 aliphatic heterocycles. The quantitative estimate of drug-likeness (QED) is 0.705. The van der Waals surface area contributed by atoms with E-state index < -0.39 is 0 Å². The summed E-state index contributed by atoms with van der Waals surface area (Å²) in [7, 11) is 2.27. The Morgan fingerprint density at radius 3 is 2.57 bits per heavy atom. The van der Waals surface area contributed by atoms with Gasteiger partial charge in [0.05, 0.1) is 0 Å². The minimum Gasteiger partial charge on any atom is -0.315 e. The summed E-state index contributed by atoms with van der Waals surface area (Å²) in [4.78, 5) is 5.11. The molecule has 1 unspecified atom stereocenters. The van der Waals surface area contributed by atoms with Crippen LogP contribution < -0.4 is 5.32 Å². The molecule has 1 aromatic carbocycles. The van der Waals surface area contributed by atoms with E-state index in [4.69, 9.17) is 0 Å². The summed E-state index contributed by atoms with van der Waals surface area (Å²) in [6.45, 7) is 9.29. The molecule has 0 spiro atoms. The molecule has 0 aromatic heterocycles. The Labute approximate surface area is 130 Å². The smallest absolute Gasteiger partial charge is 0.0470 e. The Morgan fingerprint density at radius 2 is 1.90 bits per heavy atom. The van der Waals surface area contributed by atoms with Crippen molar-refractivity contribution in [3.8, 4) is 0 Å². The second kappa shape index (κ2) is 9.19. The van der Waals surface area contributed by atoms with Crippen LogP contribution in [0, 0.1) is 0 Å². The van der Waals surface area contributed by atoms with Crippen molar-refractivity contribution in [2.45, 2.75) is 32.2 Å². The van der Waals surface area contributed by atoms with Crippen molar-refractivity contribution in [3.63, 3.8) is 0 Å². The van der Waals surface area contributed by atoms with E-state index in [1.165, 1.54) is 44.5 Å². The molecule has 1 saturated heterocycles. The van der Waals surface area contributed by atoms with Crippen LogP contribution in [0.2, 0.25) is 0 Å². The molecule has 1 aromatic rings. The van der Waals surface area contributed by atoms with E-state index in [0.29, 0.717) is 6.04 Å². The lowest BCUT2D eigenvalue weighted by atomic mass is 10.1. The summed E-state index contributed by atoms with van der Waals surface area (Å²) in [5.41, 5.74) is 1.42. The third-order valence-corrected chi connectivity index (χ3v) is 4.45. The summed E-state index contributed by atoms with van der Waals surface area (Å²) >= 11 is 0. The van der Waals surface area contributed by atoms with Gasteiger partial charge in [0.1, 0.15) is 0 Å². The molecule has 0 saturated carbocycles. The number of hydrogen-bond donors (Lipinski definition) is 1. The van der Waals surface area contributed by atoms with E-state index in [9.17, 15) is 0 Å². The summed E-state index contributed by atoms with van der Waals surface area (Å²) in [6.07, 6.45) is 3.95. The number of benzene rings is 1. The minimum atomic E-state index is 0.473. The summed E-state index contributed by atoms with van der Waals surface area (Å²) in [5, 5.41) is 3.59. The van der Waals surface area contributed by atoms with Crippen molar-refractivity contribution in [2.75, 3.05) is 46.3 Å². The Balaban J connectivity index is 1.89. The van der Waals surface area contributed by atoms with Crippen LogP contribution in [0.4, 0.5) is 0 Å². The average Bonchev–Trinajstić information content (AvgIpc) is 3.03. The maximum Gasteiger partial charge on any atom is 0.0470 e. The number of likely N-dealkylation sites (tertiary alicyclic amines) is 1. The summed E-state index contributed by atoms with van der Waals surface area (Å²) in [5.74, 6) is 0. The fourth-order valence-corrected chi connectivity index (χ4v) is 3.08. The molecule has 0 aliphatic carbocycles. The molecule has 3 heteroatoms. The van der Waals surface area contributed by atoms with Crippen LogP contribution in [-0.2, 0) is 0 Å². The third-order valence-electron chi connectivity index (χ3n) is 4.45. The maximum absolute atomic E-state index is 3.59. The highest BCUT2D eigenvalue weighted by molar-refractivity contribution is 5.19. The summed E-state index contributed by atoms with van der Waals surface area (Å²) < 4.78 is 0. The Kier molecular flexibility index (Phi) is 7.20. The second-order valence-electron chi connectivity index (χ2n) is 6.16. The monoisotopic (exact) mass is 289 g/mol. The number of hydrogen-bond acceptors (Lipinski definition) is 3.